The number of halogens is 2. The summed E-state index contributed by atoms with van der Waals surface area (Å²) in [6.45, 7) is 3.30. The first-order chi connectivity index (χ1) is 6.43. The van der Waals surface area contributed by atoms with Gasteiger partial charge < -0.3 is 4.90 Å². The highest BCUT2D eigenvalue weighted by Crippen LogP contribution is 2.26. The summed E-state index contributed by atoms with van der Waals surface area (Å²) in [7, 11) is 0. The number of alkyl halides is 2. The maximum absolute atomic E-state index is 12.9. The lowest BCUT2D eigenvalue weighted by Gasteiger charge is -2.30. The number of hydrogen-bond acceptors (Lipinski definition) is 2. The number of nitrogens with zero attached hydrogens (tertiary/aromatic N) is 1. The predicted octanol–water partition coefficient (Wildman–Crippen LogP) is 1.85. The third-order valence-electron chi connectivity index (χ3n) is 2.45. The van der Waals surface area contributed by atoms with Gasteiger partial charge in [-0.2, -0.15) is 11.8 Å². The van der Waals surface area contributed by atoms with Crippen molar-refractivity contribution < 1.29 is 13.6 Å². The zero-order valence-electron chi connectivity index (χ0n) is 8.43. The molecule has 0 aromatic carbocycles. The first-order valence-corrected chi connectivity index (χ1v) is 5.82. The van der Waals surface area contributed by atoms with E-state index in [1.807, 2.05) is 0 Å². The van der Waals surface area contributed by atoms with E-state index in [2.05, 4.69) is 0 Å². The monoisotopic (exact) mass is 223 g/mol. The van der Waals surface area contributed by atoms with E-state index in [-0.39, 0.29) is 0 Å². The second kappa shape index (κ2) is 4.47. The molecule has 0 aliphatic carbocycles. The molecule has 1 aliphatic heterocycles. The Morgan fingerprint density at radius 3 is 2.36 bits per heavy atom. The lowest BCUT2D eigenvalue weighted by Crippen LogP contribution is -2.45. The van der Waals surface area contributed by atoms with Crippen molar-refractivity contribution in [2.45, 2.75) is 19.8 Å². The van der Waals surface area contributed by atoms with Crippen molar-refractivity contribution in [1.29, 1.82) is 0 Å². The Morgan fingerprint density at radius 2 is 1.93 bits per heavy atom. The van der Waals surface area contributed by atoms with Gasteiger partial charge in [0.05, 0.1) is 5.92 Å². The van der Waals surface area contributed by atoms with Crippen molar-refractivity contribution >= 4 is 17.7 Å². The summed E-state index contributed by atoms with van der Waals surface area (Å²) in [6.07, 6.45) is 0. The Labute approximate surface area is 87.0 Å². The van der Waals surface area contributed by atoms with Crippen LogP contribution in [0.15, 0.2) is 0 Å². The van der Waals surface area contributed by atoms with E-state index in [0.29, 0.717) is 13.1 Å². The van der Waals surface area contributed by atoms with E-state index < -0.39 is 17.7 Å². The molecule has 1 saturated heterocycles. The van der Waals surface area contributed by atoms with Crippen LogP contribution in [0.1, 0.15) is 13.8 Å². The summed E-state index contributed by atoms with van der Waals surface area (Å²) < 4.78 is 25.7. The number of hydrogen-bond donors (Lipinski definition) is 0. The van der Waals surface area contributed by atoms with Crippen LogP contribution in [-0.4, -0.2) is 41.3 Å². The van der Waals surface area contributed by atoms with Gasteiger partial charge in [0.1, 0.15) is 0 Å². The van der Waals surface area contributed by atoms with Gasteiger partial charge >= 0.3 is 0 Å². The van der Waals surface area contributed by atoms with Crippen LogP contribution in [0.5, 0.6) is 0 Å². The molecule has 1 atom stereocenters. The van der Waals surface area contributed by atoms with Crippen molar-refractivity contribution in [3.63, 3.8) is 0 Å². The van der Waals surface area contributed by atoms with Gasteiger partial charge in [0.15, 0.2) is 0 Å². The molecule has 14 heavy (non-hydrogen) atoms. The van der Waals surface area contributed by atoms with Gasteiger partial charge in [-0.15, -0.1) is 0 Å². The average molecular weight is 223 g/mol. The average Bonchev–Trinajstić information content (AvgIpc) is 2.15. The SMILES string of the molecule is C[C@H](C(=O)N1CCSCC1)C(C)(F)F. The van der Waals surface area contributed by atoms with Gasteiger partial charge in [-0.3, -0.25) is 4.79 Å². The van der Waals surface area contributed by atoms with Gasteiger partial charge in [-0.05, 0) is 6.92 Å². The summed E-state index contributed by atoms with van der Waals surface area (Å²) in [4.78, 5) is 13.1. The largest absolute Gasteiger partial charge is 0.341 e. The number of amides is 1. The quantitative estimate of drug-likeness (QED) is 0.712. The van der Waals surface area contributed by atoms with Gasteiger partial charge in [0.25, 0.3) is 5.92 Å². The van der Waals surface area contributed by atoms with E-state index in [9.17, 15) is 13.6 Å². The van der Waals surface area contributed by atoms with Gasteiger partial charge in [-0.25, -0.2) is 8.78 Å². The van der Waals surface area contributed by atoms with Crippen LogP contribution in [0.4, 0.5) is 8.78 Å². The summed E-state index contributed by atoms with van der Waals surface area (Å²) in [5.74, 6) is -2.83. The molecular formula is C9H15F2NOS. The molecule has 0 unspecified atom stereocenters. The molecule has 82 valence electrons. The maximum Gasteiger partial charge on any atom is 0.256 e. The van der Waals surface area contributed by atoms with Gasteiger partial charge in [-0.1, -0.05) is 0 Å². The lowest BCUT2D eigenvalue weighted by atomic mass is 10.0. The third kappa shape index (κ3) is 2.83. The molecule has 1 heterocycles. The van der Waals surface area contributed by atoms with E-state index in [4.69, 9.17) is 0 Å². The highest BCUT2D eigenvalue weighted by Gasteiger charge is 2.38. The molecule has 1 fully saturated rings. The van der Waals surface area contributed by atoms with E-state index in [1.165, 1.54) is 6.92 Å². The molecule has 1 amide bonds. The molecule has 5 heteroatoms. The maximum atomic E-state index is 12.9. The van der Waals surface area contributed by atoms with Crippen LogP contribution in [0.2, 0.25) is 0 Å². The molecule has 0 saturated carbocycles. The van der Waals surface area contributed by atoms with Crippen LogP contribution in [0.25, 0.3) is 0 Å². The van der Waals surface area contributed by atoms with Crippen molar-refractivity contribution in [3.05, 3.63) is 0 Å². The highest BCUT2D eigenvalue weighted by molar-refractivity contribution is 7.99. The number of thioether (sulfide) groups is 1. The van der Waals surface area contributed by atoms with E-state index in [0.717, 1.165) is 18.4 Å². The fraction of sp³-hybridized carbons (Fsp3) is 0.889. The minimum Gasteiger partial charge on any atom is -0.341 e. The standard InChI is InChI=1S/C9H15F2NOS/c1-7(9(2,10)11)8(13)12-3-5-14-6-4-12/h7H,3-6H2,1-2H3/t7-/m1/s1. The highest BCUT2D eigenvalue weighted by atomic mass is 32.2. The van der Waals surface area contributed by atoms with Crippen LogP contribution in [0.3, 0.4) is 0 Å². The molecule has 0 bridgehead atoms. The topological polar surface area (TPSA) is 20.3 Å². The predicted molar refractivity (Wildman–Crippen MR) is 53.7 cm³/mol. The van der Waals surface area contributed by atoms with Gasteiger partial charge in [0, 0.05) is 31.5 Å². The summed E-state index contributed by atoms with van der Waals surface area (Å²) in [6, 6.07) is 0. The summed E-state index contributed by atoms with van der Waals surface area (Å²) >= 11 is 1.75. The fourth-order valence-electron chi connectivity index (χ4n) is 1.27. The minimum atomic E-state index is -2.92. The summed E-state index contributed by atoms with van der Waals surface area (Å²) in [5, 5.41) is 0. The second-order valence-corrected chi connectivity index (χ2v) is 4.84. The Hall–Kier alpha value is -0.320. The Bertz CT molecular complexity index is 211. The fourth-order valence-corrected chi connectivity index (χ4v) is 2.18. The Kier molecular flexibility index (Phi) is 3.75. The van der Waals surface area contributed by atoms with Crippen molar-refractivity contribution in [3.8, 4) is 0 Å². The normalized spacial score (nSPS) is 20.7. The van der Waals surface area contributed by atoms with Crippen molar-refractivity contribution in [2.24, 2.45) is 5.92 Å². The minimum absolute atomic E-state index is 0.419. The first kappa shape index (κ1) is 11.8. The van der Waals surface area contributed by atoms with Crippen molar-refractivity contribution in [2.75, 3.05) is 24.6 Å². The van der Waals surface area contributed by atoms with Crippen molar-refractivity contribution in [1.82, 2.24) is 4.90 Å². The van der Waals surface area contributed by atoms with Crippen LogP contribution >= 0.6 is 11.8 Å². The molecule has 0 radical (unpaired) electrons. The first-order valence-electron chi connectivity index (χ1n) is 4.67. The molecule has 2 nitrogen and oxygen atoms in total. The lowest BCUT2D eigenvalue weighted by molar-refractivity contribution is -0.146. The molecule has 1 aliphatic rings. The summed E-state index contributed by atoms with van der Waals surface area (Å²) in [5.41, 5.74) is 0. The second-order valence-electron chi connectivity index (χ2n) is 3.62. The van der Waals surface area contributed by atoms with Crippen LogP contribution in [-0.2, 0) is 4.79 Å². The van der Waals surface area contributed by atoms with Crippen LogP contribution < -0.4 is 0 Å². The number of carbonyl (C=O) groups is 1. The Balaban J connectivity index is 2.55. The van der Waals surface area contributed by atoms with E-state index in [1.54, 1.807) is 16.7 Å². The third-order valence-corrected chi connectivity index (χ3v) is 3.40. The molecule has 1 rings (SSSR count). The number of carbonyl (C=O) groups excluding carboxylic acids is 1. The smallest absolute Gasteiger partial charge is 0.256 e. The molecule has 0 spiro atoms. The van der Waals surface area contributed by atoms with Crippen LogP contribution in [0, 0.1) is 5.92 Å². The zero-order valence-corrected chi connectivity index (χ0v) is 9.24. The molecule has 0 aromatic rings. The Morgan fingerprint density at radius 1 is 1.43 bits per heavy atom. The molecular weight excluding hydrogens is 208 g/mol. The molecule has 0 N–H and O–H groups in total. The zero-order chi connectivity index (χ0) is 10.8. The number of rotatable bonds is 2. The van der Waals surface area contributed by atoms with E-state index >= 15 is 0 Å². The molecule has 0 aromatic heterocycles. The van der Waals surface area contributed by atoms with Gasteiger partial charge in [0.2, 0.25) is 5.91 Å².